The fourth-order valence-electron chi connectivity index (χ4n) is 1.49. The molecule has 1 unspecified atom stereocenters. The van der Waals surface area contributed by atoms with Crippen LogP contribution < -0.4 is 0 Å². The van der Waals surface area contributed by atoms with E-state index in [9.17, 15) is 4.79 Å². The standard InChI is InChI=1S/C12H16N2O2S/c1-3-16-12(15)4-6-14(2)11(8-13)10-5-7-17-9-10/h5,7,9,11H,3-4,6H2,1-2H3. The van der Waals surface area contributed by atoms with E-state index in [1.54, 1.807) is 18.3 Å². The molecule has 0 N–H and O–H groups in total. The first kappa shape index (κ1) is 13.7. The highest BCUT2D eigenvalue weighted by Crippen LogP contribution is 2.21. The van der Waals surface area contributed by atoms with Crippen LogP contribution in [0.15, 0.2) is 16.8 Å². The van der Waals surface area contributed by atoms with Crippen LogP contribution in [0.4, 0.5) is 0 Å². The molecule has 0 bridgehead atoms. The van der Waals surface area contributed by atoms with Crippen molar-refractivity contribution in [1.82, 2.24) is 4.90 Å². The Morgan fingerprint density at radius 1 is 1.71 bits per heavy atom. The van der Waals surface area contributed by atoms with Crippen molar-refractivity contribution < 1.29 is 9.53 Å². The summed E-state index contributed by atoms with van der Waals surface area (Å²) in [6.45, 7) is 2.70. The summed E-state index contributed by atoms with van der Waals surface area (Å²) in [4.78, 5) is 13.1. The number of nitriles is 1. The molecule has 0 amide bonds. The summed E-state index contributed by atoms with van der Waals surface area (Å²) in [7, 11) is 1.84. The Kier molecular flexibility index (Phi) is 5.67. The molecule has 0 fully saturated rings. The lowest BCUT2D eigenvalue weighted by molar-refractivity contribution is -0.143. The molecular formula is C12H16N2O2S. The SMILES string of the molecule is CCOC(=O)CCN(C)C(C#N)c1ccsc1. The van der Waals surface area contributed by atoms with E-state index in [1.165, 1.54) is 0 Å². The molecule has 0 aliphatic carbocycles. The van der Waals surface area contributed by atoms with Crippen molar-refractivity contribution in [2.24, 2.45) is 0 Å². The van der Waals surface area contributed by atoms with Gasteiger partial charge in [-0.1, -0.05) is 0 Å². The number of esters is 1. The number of rotatable bonds is 6. The predicted octanol–water partition coefficient (Wildman–Crippen LogP) is 2.20. The maximum absolute atomic E-state index is 11.2. The molecule has 17 heavy (non-hydrogen) atoms. The van der Waals surface area contributed by atoms with E-state index in [4.69, 9.17) is 10.00 Å². The van der Waals surface area contributed by atoms with Crippen LogP contribution in [0.2, 0.25) is 0 Å². The smallest absolute Gasteiger partial charge is 0.307 e. The molecule has 0 saturated heterocycles. The third-order valence-corrected chi connectivity index (χ3v) is 3.10. The zero-order valence-electron chi connectivity index (χ0n) is 10.0. The van der Waals surface area contributed by atoms with E-state index in [2.05, 4.69) is 6.07 Å². The predicted molar refractivity (Wildman–Crippen MR) is 66.6 cm³/mol. The molecule has 1 atom stereocenters. The van der Waals surface area contributed by atoms with Gasteiger partial charge in [-0.15, -0.1) is 0 Å². The van der Waals surface area contributed by atoms with E-state index in [0.29, 0.717) is 19.6 Å². The lowest BCUT2D eigenvalue weighted by Gasteiger charge is -2.21. The van der Waals surface area contributed by atoms with Gasteiger partial charge in [-0.25, -0.2) is 0 Å². The fraction of sp³-hybridized carbons (Fsp3) is 0.500. The Bertz CT molecular complexity index is 384. The molecule has 1 aromatic heterocycles. The summed E-state index contributed by atoms with van der Waals surface area (Å²) >= 11 is 1.56. The molecule has 5 heteroatoms. The summed E-state index contributed by atoms with van der Waals surface area (Å²) < 4.78 is 4.85. The van der Waals surface area contributed by atoms with E-state index >= 15 is 0 Å². The minimum absolute atomic E-state index is 0.221. The van der Waals surface area contributed by atoms with Crippen molar-refractivity contribution in [1.29, 1.82) is 5.26 Å². The number of nitrogens with zero attached hydrogens (tertiary/aromatic N) is 2. The van der Waals surface area contributed by atoms with Crippen LogP contribution in [0.5, 0.6) is 0 Å². The molecule has 92 valence electrons. The van der Waals surface area contributed by atoms with Gasteiger partial charge < -0.3 is 4.74 Å². The number of ether oxygens (including phenoxy) is 1. The van der Waals surface area contributed by atoms with E-state index in [-0.39, 0.29) is 12.0 Å². The van der Waals surface area contributed by atoms with Gasteiger partial charge in [-0.05, 0) is 36.4 Å². The highest BCUT2D eigenvalue weighted by molar-refractivity contribution is 7.08. The van der Waals surface area contributed by atoms with E-state index in [1.807, 2.05) is 28.8 Å². The van der Waals surface area contributed by atoms with Gasteiger partial charge in [-0.2, -0.15) is 16.6 Å². The van der Waals surface area contributed by atoms with E-state index in [0.717, 1.165) is 5.56 Å². The second-order valence-corrected chi connectivity index (χ2v) is 4.40. The Morgan fingerprint density at radius 2 is 2.47 bits per heavy atom. The van der Waals surface area contributed by atoms with Crippen LogP contribution in [0.25, 0.3) is 0 Å². The molecule has 0 radical (unpaired) electrons. The lowest BCUT2D eigenvalue weighted by atomic mass is 10.1. The van der Waals surface area contributed by atoms with Crippen molar-refractivity contribution in [3.63, 3.8) is 0 Å². The summed E-state index contributed by atoms with van der Waals surface area (Å²) in [5, 5.41) is 13.0. The topological polar surface area (TPSA) is 53.3 Å². The van der Waals surface area contributed by atoms with Crippen LogP contribution in [-0.2, 0) is 9.53 Å². The van der Waals surface area contributed by atoms with Gasteiger partial charge in [-0.3, -0.25) is 9.69 Å². The first-order valence-corrected chi connectivity index (χ1v) is 6.41. The molecular weight excluding hydrogens is 236 g/mol. The number of carbonyl (C=O) groups excluding carboxylic acids is 1. The fourth-order valence-corrected chi connectivity index (χ4v) is 2.17. The van der Waals surface area contributed by atoms with Gasteiger partial charge in [0.15, 0.2) is 0 Å². The minimum atomic E-state index is -0.296. The molecule has 4 nitrogen and oxygen atoms in total. The summed E-state index contributed by atoms with van der Waals surface area (Å²) in [6, 6.07) is 3.87. The zero-order chi connectivity index (χ0) is 12.7. The molecule has 1 aromatic rings. The third kappa shape index (κ3) is 4.17. The number of hydrogen-bond acceptors (Lipinski definition) is 5. The Hall–Kier alpha value is -1.38. The highest BCUT2D eigenvalue weighted by Gasteiger charge is 2.17. The van der Waals surface area contributed by atoms with Crippen LogP contribution >= 0.6 is 11.3 Å². The Morgan fingerprint density at radius 3 is 3.00 bits per heavy atom. The molecule has 0 spiro atoms. The zero-order valence-corrected chi connectivity index (χ0v) is 10.9. The van der Waals surface area contributed by atoms with Crippen molar-refractivity contribution >= 4 is 17.3 Å². The number of carbonyl (C=O) groups is 1. The molecule has 0 aliphatic rings. The third-order valence-electron chi connectivity index (χ3n) is 2.40. The molecule has 0 saturated carbocycles. The maximum atomic E-state index is 11.2. The van der Waals surface area contributed by atoms with Gasteiger partial charge in [0.2, 0.25) is 0 Å². The van der Waals surface area contributed by atoms with Crippen LogP contribution in [0, 0.1) is 11.3 Å². The van der Waals surface area contributed by atoms with Crippen molar-refractivity contribution in [2.45, 2.75) is 19.4 Å². The Balaban J connectivity index is 2.48. The van der Waals surface area contributed by atoms with Gasteiger partial charge in [0.25, 0.3) is 0 Å². The van der Waals surface area contributed by atoms with Gasteiger partial charge >= 0.3 is 5.97 Å². The number of thiophene rings is 1. The highest BCUT2D eigenvalue weighted by atomic mass is 32.1. The van der Waals surface area contributed by atoms with Crippen LogP contribution in [0.3, 0.4) is 0 Å². The summed E-state index contributed by atoms with van der Waals surface area (Å²) in [6.07, 6.45) is 0.312. The van der Waals surface area contributed by atoms with Gasteiger partial charge in [0.05, 0.1) is 19.1 Å². The van der Waals surface area contributed by atoms with Crippen molar-refractivity contribution in [3.8, 4) is 6.07 Å². The van der Waals surface area contributed by atoms with Crippen LogP contribution in [0.1, 0.15) is 24.9 Å². The number of hydrogen-bond donors (Lipinski definition) is 0. The second-order valence-electron chi connectivity index (χ2n) is 3.62. The van der Waals surface area contributed by atoms with E-state index < -0.39 is 0 Å². The molecule has 1 heterocycles. The van der Waals surface area contributed by atoms with Crippen LogP contribution in [-0.4, -0.2) is 31.1 Å². The van der Waals surface area contributed by atoms with Crippen molar-refractivity contribution in [2.75, 3.05) is 20.2 Å². The molecule has 1 rings (SSSR count). The monoisotopic (exact) mass is 252 g/mol. The average Bonchev–Trinajstić information content (AvgIpc) is 2.81. The normalized spacial score (nSPS) is 12.1. The maximum Gasteiger partial charge on any atom is 0.307 e. The minimum Gasteiger partial charge on any atom is -0.466 e. The first-order chi connectivity index (χ1) is 8.19. The Labute approximate surface area is 105 Å². The molecule has 0 aromatic carbocycles. The largest absolute Gasteiger partial charge is 0.466 e. The first-order valence-electron chi connectivity index (χ1n) is 5.46. The lowest BCUT2D eigenvalue weighted by Crippen LogP contribution is -2.26. The summed E-state index contributed by atoms with van der Waals surface area (Å²) in [5.41, 5.74) is 0.976. The average molecular weight is 252 g/mol. The quantitative estimate of drug-likeness (QED) is 0.728. The second kappa shape index (κ2) is 7.05. The summed E-state index contributed by atoms with van der Waals surface area (Å²) in [5.74, 6) is -0.221. The van der Waals surface area contributed by atoms with Gasteiger partial charge in [0, 0.05) is 6.54 Å². The van der Waals surface area contributed by atoms with Crippen molar-refractivity contribution in [3.05, 3.63) is 22.4 Å². The molecule has 0 aliphatic heterocycles. The van der Waals surface area contributed by atoms with Gasteiger partial charge in [0.1, 0.15) is 6.04 Å².